The topological polar surface area (TPSA) is 93.4 Å². The molecule has 0 unspecified atom stereocenters. The van der Waals surface area contributed by atoms with Crippen LogP contribution in [0.15, 0.2) is 24.3 Å². The maximum absolute atomic E-state index is 11.5. The van der Waals surface area contributed by atoms with Crippen LogP contribution in [0.5, 0.6) is 0 Å². The van der Waals surface area contributed by atoms with Crippen LogP contribution in [-0.2, 0) is 9.53 Å². The van der Waals surface area contributed by atoms with Gasteiger partial charge in [-0.05, 0) is 18.2 Å². The molecule has 0 saturated carbocycles. The first-order chi connectivity index (χ1) is 8.63. The molecule has 1 aromatic carbocycles. The van der Waals surface area contributed by atoms with Crippen molar-refractivity contribution in [3.8, 4) is 0 Å². The van der Waals surface area contributed by atoms with Crippen molar-refractivity contribution in [3.63, 3.8) is 0 Å². The average Bonchev–Trinajstić information content (AvgIpc) is 2.35. The second kappa shape index (κ2) is 9.32. The molecule has 7 heteroatoms. The molecule has 1 rings (SSSR count). The Morgan fingerprint density at radius 3 is 2.74 bits per heavy atom. The van der Waals surface area contributed by atoms with Crippen LogP contribution in [0.25, 0.3) is 0 Å². The Morgan fingerprint density at radius 2 is 2.11 bits per heavy atom. The third-order valence-electron chi connectivity index (χ3n) is 2.20. The van der Waals surface area contributed by atoms with Crippen LogP contribution in [-0.4, -0.2) is 38.6 Å². The molecule has 19 heavy (non-hydrogen) atoms. The molecular weight excluding hydrogens is 270 g/mol. The van der Waals surface area contributed by atoms with E-state index in [1.165, 1.54) is 6.07 Å². The molecule has 0 radical (unpaired) electrons. The molecule has 0 fully saturated rings. The number of nitrogens with one attached hydrogen (secondary N) is 2. The number of ether oxygens (including phenoxy) is 1. The number of carbonyl (C=O) groups excluding carboxylic acids is 2. The molecule has 0 aliphatic rings. The fourth-order valence-corrected chi connectivity index (χ4v) is 1.33. The van der Waals surface area contributed by atoms with Gasteiger partial charge >= 0.3 is 0 Å². The van der Waals surface area contributed by atoms with E-state index >= 15 is 0 Å². The summed E-state index contributed by atoms with van der Waals surface area (Å²) in [6.07, 6.45) is 0. The number of hydrogen-bond donors (Lipinski definition) is 3. The number of anilines is 1. The molecule has 6 nitrogen and oxygen atoms in total. The molecule has 0 aliphatic heterocycles. The van der Waals surface area contributed by atoms with E-state index in [2.05, 4.69) is 10.6 Å². The van der Waals surface area contributed by atoms with E-state index in [-0.39, 0.29) is 24.9 Å². The number of hydrogen-bond acceptors (Lipinski definition) is 4. The lowest BCUT2D eigenvalue weighted by Crippen LogP contribution is -2.30. The summed E-state index contributed by atoms with van der Waals surface area (Å²) in [5.74, 6) is -0.711. The SMILES string of the molecule is COCCNCC(=O)Nc1cccc(C(N)=O)c1.Cl. The molecular formula is C12H18ClN3O3. The van der Waals surface area contributed by atoms with Crippen LogP contribution in [0.3, 0.4) is 0 Å². The van der Waals surface area contributed by atoms with Crippen molar-refractivity contribution in [1.29, 1.82) is 0 Å². The van der Waals surface area contributed by atoms with E-state index in [9.17, 15) is 9.59 Å². The summed E-state index contributed by atoms with van der Waals surface area (Å²) in [7, 11) is 1.59. The standard InChI is InChI=1S/C12H17N3O3.ClH/c1-18-6-5-14-8-11(16)15-10-4-2-3-9(7-10)12(13)17;/h2-4,7,14H,5-6,8H2,1H3,(H2,13,17)(H,15,16);1H. The summed E-state index contributed by atoms with van der Waals surface area (Å²) in [6, 6.07) is 6.48. The molecule has 0 aliphatic carbocycles. The molecule has 1 aromatic rings. The number of benzene rings is 1. The van der Waals surface area contributed by atoms with Gasteiger partial charge in [0.2, 0.25) is 11.8 Å². The molecule has 0 spiro atoms. The van der Waals surface area contributed by atoms with Crippen LogP contribution in [0, 0.1) is 0 Å². The number of primary amides is 1. The number of methoxy groups -OCH3 is 1. The predicted octanol–water partition coefficient (Wildman–Crippen LogP) is 0.382. The molecule has 0 heterocycles. The minimum atomic E-state index is -0.524. The van der Waals surface area contributed by atoms with Crippen molar-refractivity contribution >= 4 is 29.9 Å². The Bertz CT molecular complexity index is 426. The first kappa shape index (κ1) is 17.4. The van der Waals surface area contributed by atoms with E-state index in [1.807, 2.05) is 0 Å². The zero-order valence-corrected chi connectivity index (χ0v) is 11.5. The summed E-state index contributed by atoms with van der Waals surface area (Å²) in [4.78, 5) is 22.5. The van der Waals surface area contributed by atoms with Crippen molar-refractivity contribution in [1.82, 2.24) is 5.32 Å². The highest BCUT2D eigenvalue weighted by atomic mass is 35.5. The predicted molar refractivity (Wildman–Crippen MR) is 75.6 cm³/mol. The monoisotopic (exact) mass is 287 g/mol. The molecule has 4 N–H and O–H groups in total. The fraction of sp³-hybridized carbons (Fsp3) is 0.333. The van der Waals surface area contributed by atoms with E-state index in [0.717, 1.165) is 0 Å². The summed E-state index contributed by atoms with van der Waals surface area (Å²) >= 11 is 0. The first-order valence-corrected chi connectivity index (χ1v) is 5.53. The number of rotatable bonds is 7. The van der Waals surface area contributed by atoms with Crippen LogP contribution < -0.4 is 16.4 Å². The van der Waals surface area contributed by atoms with Gasteiger partial charge in [0.1, 0.15) is 0 Å². The Balaban J connectivity index is 0.00000324. The van der Waals surface area contributed by atoms with Crippen LogP contribution >= 0.6 is 12.4 Å². The zero-order valence-electron chi connectivity index (χ0n) is 10.6. The van der Waals surface area contributed by atoms with E-state index in [0.29, 0.717) is 24.4 Å². The van der Waals surface area contributed by atoms with Gasteiger partial charge in [-0.1, -0.05) is 6.07 Å². The Kier molecular flexibility index (Phi) is 8.52. The summed E-state index contributed by atoms with van der Waals surface area (Å²) in [5.41, 5.74) is 6.06. The van der Waals surface area contributed by atoms with E-state index in [1.54, 1.807) is 25.3 Å². The average molecular weight is 288 g/mol. The number of carbonyl (C=O) groups is 2. The second-order valence-electron chi connectivity index (χ2n) is 3.66. The summed E-state index contributed by atoms with van der Waals surface area (Å²) in [5, 5.41) is 5.58. The van der Waals surface area contributed by atoms with Gasteiger partial charge in [-0.15, -0.1) is 12.4 Å². The third kappa shape index (κ3) is 6.76. The van der Waals surface area contributed by atoms with E-state index in [4.69, 9.17) is 10.5 Å². The van der Waals surface area contributed by atoms with Gasteiger partial charge in [0, 0.05) is 24.9 Å². The van der Waals surface area contributed by atoms with Gasteiger partial charge in [0.05, 0.1) is 13.2 Å². The minimum Gasteiger partial charge on any atom is -0.383 e. The highest BCUT2D eigenvalue weighted by Crippen LogP contribution is 2.09. The van der Waals surface area contributed by atoms with Gasteiger partial charge in [0.25, 0.3) is 0 Å². The third-order valence-corrected chi connectivity index (χ3v) is 2.20. The largest absolute Gasteiger partial charge is 0.383 e. The van der Waals surface area contributed by atoms with Crippen LogP contribution in [0.2, 0.25) is 0 Å². The van der Waals surface area contributed by atoms with Gasteiger partial charge < -0.3 is 21.1 Å². The number of halogens is 1. The van der Waals surface area contributed by atoms with E-state index < -0.39 is 5.91 Å². The smallest absolute Gasteiger partial charge is 0.248 e. The van der Waals surface area contributed by atoms with Crippen LogP contribution in [0.4, 0.5) is 5.69 Å². The summed E-state index contributed by atoms with van der Waals surface area (Å²) in [6.45, 7) is 1.33. The molecule has 0 aromatic heterocycles. The van der Waals surface area contributed by atoms with Crippen LogP contribution in [0.1, 0.15) is 10.4 Å². The maximum atomic E-state index is 11.5. The van der Waals surface area contributed by atoms with Gasteiger partial charge in [-0.25, -0.2) is 0 Å². The minimum absolute atomic E-state index is 0. The lowest BCUT2D eigenvalue weighted by atomic mass is 10.2. The Labute approximate surface area is 118 Å². The summed E-state index contributed by atoms with van der Waals surface area (Å²) < 4.78 is 4.84. The second-order valence-corrected chi connectivity index (χ2v) is 3.66. The van der Waals surface area contributed by atoms with Crippen molar-refractivity contribution in [2.24, 2.45) is 5.73 Å². The maximum Gasteiger partial charge on any atom is 0.248 e. The first-order valence-electron chi connectivity index (χ1n) is 5.53. The highest BCUT2D eigenvalue weighted by molar-refractivity contribution is 5.96. The Hall–Kier alpha value is -1.63. The lowest BCUT2D eigenvalue weighted by Gasteiger charge is -2.07. The van der Waals surface area contributed by atoms with Crippen molar-refractivity contribution < 1.29 is 14.3 Å². The number of amides is 2. The van der Waals surface area contributed by atoms with Crippen molar-refractivity contribution in [2.75, 3.05) is 32.1 Å². The molecule has 0 saturated heterocycles. The van der Waals surface area contributed by atoms with Gasteiger partial charge in [-0.3, -0.25) is 9.59 Å². The van der Waals surface area contributed by atoms with Crippen molar-refractivity contribution in [3.05, 3.63) is 29.8 Å². The lowest BCUT2D eigenvalue weighted by molar-refractivity contribution is -0.115. The molecule has 106 valence electrons. The zero-order chi connectivity index (χ0) is 13.4. The molecule has 0 atom stereocenters. The highest BCUT2D eigenvalue weighted by Gasteiger charge is 2.04. The van der Waals surface area contributed by atoms with Gasteiger partial charge in [0.15, 0.2) is 0 Å². The number of nitrogens with two attached hydrogens (primary N) is 1. The quantitative estimate of drug-likeness (QED) is 0.632. The molecule has 0 bridgehead atoms. The Morgan fingerprint density at radius 1 is 1.37 bits per heavy atom. The van der Waals surface area contributed by atoms with Gasteiger partial charge in [-0.2, -0.15) is 0 Å². The molecule has 2 amide bonds. The fourth-order valence-electron chi connectivity index (χ4n) is 1.33. The normalized spacial score (nSPS) is 9.53. The van der Waals surface area contributed by atoms with Crippen molar-refractivity contribution in [2.45, 2.75) is 0 Å².